The highest BCUT2D eigenvalue weighted by atomic mass is 35.5. The van der Waals surface area contributed by atoms with E-state index in [1.807, 2.05) is 0 Å². The van der Waals surface area contributed by atoms with Crippen LogP contribution >= 0.6 is 23.4 Å². The van der Waals surface area contributed by atoms with E-state index < -0.39 is 5.97 Å². The van der Waals surface area contributed by atoms with Crippen molar-refractivity contribution >= 4 is 52.3 Å². The second kappa shape index (κ2) is 7.50. The number of aromatic carboxylic acids is 1. The minimum Gasteiger partial charge on any atom is -0.545 e. The second-order valence-corrected chi connectivity index (χ2v) is 6.36. The Morgan fingerprint density at radius 2 is 1.92 bits per heavy atom. The summed E-state index contributed by atoms with van der Waals surface area (Å²) in [5, 5.41) is 17.4. The molecule has 0 atom stereocenters. The molecule has 6 nitrogen and oxygen atoms in total. The zero-order valence-electron chi connectivity index (χ0n) is 12.8. The van der Waals surface area contributed by atoms with Crippen molar-refractivity contribution in [3.8, 4) is 0 Å². The first-order chi connectivity index (χ1) is 12.0. The Balaban J connectivity index is 1.88. The van der Waals surface area contributed by atoms with Gasteiger partial charge in [0.1, 0.15) is 0 Å². The Bertz CT molecular complexity index is 881. The van der Waals surface area contributed by atoms with Crippen molar-refractivity contribution in [1.29, 1.82) is 0 Å². The third-order valence-corrected chi connectivity index (χ3v) is 4.45. The zero-order chi connectivity index (χ0) is 17.8. The van der Waals surface area contributed by atoms with Crippen molar-refractivity contribution in [3.63, 3.8) is 0 Å². The average molecular weight is 373 g/mol. The Morgan fingerprint density at radius 3 is 2.64 bits per heavy atom. The van der Waals surface area contributed by atoms with Gasteiger partial charge in [-0.15, -0.1) is 0 Å². The van der Waals surface area contributed by atoms with Crippen LogP contribution in [0.1, 0.15) is 15.9 Å². The van der Waals surface area contributed by atoms with E-state index in [1.54, 1.807) is 42.5 Å². The molecule has 0 unspecified atom stereocenters. The Kier molecular flexibility index (Phi) is 5.16. The van der Waals surface area contributed by atoms with E-state index in [4.69, 9.17) is 11.6 Å². The Morgan fingerprint density at radius 1 is 1.20 bits per heavy atom. The summed E-state index contributed by atoms with van der Waals surface area (Å²) in [6.45, 7) is 0. The summed E-state index contributed by atoms with van der Waals surface area (Å²) in [7, 11) is 0. The Labute approximate surface area is 152 Å². The summed E-state index contributed by atoms with van der Waals surface area (Å²) in [6, 6.07) is 13.1. The van der Waals surface area contributed by atoms with Crippen LogP contribution in [0, 0.1) is 0 Å². The molecular formula is C17H11ClN3O3S-. The first-order valence-corrected chi connectivity index (χ1v) is 8.55. The number of aliphatic imine (C=N–C) groups is 1. The molecule has 0 N–H and O–H groups in total. The topological polar surface area (TPSA) is 85.2 Å². The van der Waals surface area contributed by atoms with Gasteiger partial charge in [-0.25, -0.2) is 4.99 Å². The number of carboxylic acid groups (broad SMARTS) is 1. The molecule has 0 bridgehead atoms. The number of halogens is 1. The zero-order valence-corrected chi connectivity index (χ0v) is 14.3. The third kappa shape index (κ3) is 4.07. The van der Waals surface area contributed by atoms with Crippen LogP contribution in [-0.4, -0.2) is 34.0 Å². The maximum Gasteiger partial charge on any atom is 0.259 e. The lowest BCUT2D eigenvalue weighted by atomic mass is 10.1. The number of carbonyl (C=O) groups excluding carboxylic acids is 2. The molecule has 3 rings (SSSR count). The van der Waals surface area contributed by atoms with Crippen molar-refractivity contribution < 1.29 is 14.7 Å². The van der Waals surface area contributed by atoms with Gasteiger partial charge in [-0.05, 0) is 24.3 Å². The lowest BCUT2D eigenvalue weighted by molar-refractivity contribution is -0.255. The molecule has 1 saturated heterocycles. The van der Waals surface area contributed by atoms with Gasteiger partial charge >= 0.3 is 0 Å². The fraction of sp³-hybridized carbons (Fsp3) is 0.0588. The number of nitrogens with zero attached hydrogens (tertiary/aromatic N) is 3. The highest BCUT2D eigenvalue weighted by molar-refractivity contribution is 8.15. The number of benzene rings is 2. The summed E-state index contributed by atoms with van der Waals surface area (Å²) in [5.41, 5.74) is 0.983. The first-order valence-electron chi connectivity index (χ1n) is 7.19. The first kappa shape index (κ1) is 17.2. The Hall–Kier alpha value is -2.64. The molecular weight excluding hydrogens is 362 g/mol. The van der Waals surface area contributed by atoms with Gasteiger partial charge in [0.15, 0.2) is 5.17 Å². The number of thioether (sulfide) groups is 1. The fourth-order valence-electron chi connectivity index (χ4n) is 2.09. The van der Waals surface area contributed by atoms with E-state index in [-0.39, 0.29) is 17.2 Å². The predicted octanol–water partition coefficient (Wildman–Crippen LogP) is 2.30. The van der Waals surface area contributed by atoms with E-state index in [2.05, 4.69) is 10.1 Å². The number of hydrogen-bond acceptors (Lipinski definition) is 6. The van der Waals surface area contributed by atoms with E-state index in [1.165, 1.54) is 24.0 Å². The van der Waals surface area contributed by atoms with Crippen molar-refractivity contribution in [2.24, 2.45) is 10.1 Å². The van der Waals surface area contributed by atoms with Crippen LogP contribution in [0.3, 0.4) is 0 Å². The number of hydrazone groups is 1. The lowest BCUT2D eigenvalue weighted by Gasteiger charge is -2.10. The monoisotopic (exact) mass is 372 g/mol. The van der Waals surface area contributed by atoms with Gasteiger partial charge in [-0.2, -0.15) is 10.1 Å². The van der Waals surface area contributed by atoms with Gasteiger partial charge in [-0.1, -0.05) is 47.6 Å². The van der Waals surface area contributed by atoms with Crippen LogP contribution in [-0.2, 0) is 4.79 Å². The number of amides is 1. The van der Waals surface area contributed by atoms with Gasteiger partial charge in [0.05, 0.1) is 23.6 Å². The van der Waals surface area contributed by atoms with Gasteiger partial charge in [-0.3, -0.25) is 4.79 Å². The van der Waals surface area contributed by atoms with Crippen molar-refractivity contribution in [3.05, 3.63) is 64.7 Å². The highest BCUT2D eigenvalue weighted by Crippen LogP contribution is 2.25. The van der Waals surface area contributed by atoms with E-state index >= 15 is 0 Å². The summed E-state index contributed by atoms with van der Waals surface area (Å²) < 4.78 is 0. The SMILES string of the molecule is O=C([O-])c1ccccc1/C=N\N1C(=O)CSC1=Nc1ccc(Cl)cc1. The van der Waals surface area contributed by atoms with Crippen LogP contribution in [0.4, 0.5) is 5.69 Å². The quantitative estimate of drug-likeness (QED) is 0.771. The summed E-state index contributed by atoms with van der Waals surface area (Å²) >= 11 is 7.10. The van der Waals surface area contributed by atoms with E-state index in [9.17, 15) is 14.7 Å². The number of rotatable bonds is 4. The van der Waals surface area contributed by atoms with Crippen molar-refractivity contribution in [1.82, 2.24) is 5.01 Å². The van der Waals surface area contributed by atoms with E-state index in [0.717, 1.165) is 5.01 Å². The largest absolute Gasteiger partial charge is 0.545 e. The molecule has 0 saturated carbocycles. The molecule has 0 aliphatic carbocycles. The molecule has 1 aliphatic rings. The standard InChI is InChI=1S/C17H12ClN3O3S/c18-12-5-7-13(8-6-12)20-17-21(15(22)10-25-17)19-9-11-3-1-2-4-14(11)16(23)24/h1-9H,10H2,(H,23,24)/p-1/b19-9-,20-17?. The molecule has 0 radical (unpaired) electrons. The average Bonchev–Trinajstić information content (AvgIpc) is 2.95. The molecule has 2 aromatic rings. The molecule has 126 valence electrons. The van der Waals surface area contributed by atoms with Crippen molar-refractivity contribution in [2.45, 2.75) is 0 Å². The van der Waals surface area contributed by atoms with Gasteiger partial charge in [0.25, 0.3) is 5.91 Å². The maximum atomic E-state index is 12.0. The number of amidine groups is 1. The third-order valence-electron chi connectivity index (χ3n) is 3.29. The minimum atomic E-state index is -1.31. The summed E-state index contributed by atoms with van der Waals surface area (Å²) in [6.07, 6.45) is 1.31. The van der Waals surface area contributed by atoms with Crippen LogP contribution < -0.4 is 5.11 Å². The molecule has 1 heterocycles. The number of hydrogen-bond donors (Lipinski definition) is 0. The second-order valence-electron chi connectivity index (χ2n) is 4.98. The molecule has 0 aromatic heterocycles. The number of carboxylic acids is 1. The van der Waals surface area contributed by atoms with Crippen LogP contribution in [0.25, 0.3) is 0 Å². The molecule has 8 heteroatoms. The predicted molar refractivity (Wildman–Crippen MR) is 96.2 cm³/mol. The van der Waals surface area contributed by atoms with Gasteiger partial charge < -0.3 is 9.90 Å². The van der Waals surface area contributed by atoms with Crippen LogP contribution in [0.5, 0.6) is 0 Å². The smallest absolute Gasteiger partial charge is 0.259 e. The molecule has 1 amide bonds. The van der Waals surface area contributed by atoms with Crippen LogP contribution in [0.15, 0.2) is 58.6 Å². The van der Waals surface area contributed by atoms with Crippen LogP contribution in [0.2, 0.25) is 5.02 Å². The minimum absolute atomic E-state index is 0.00161. The molecule has 1 aliphatic heterocycles. The van der Waals surface area contributed by atoms with Crippen molar-refractivity contribution in [2.75, 3.05) is 5.75 Å². The fourth-order valence-corrected chi connectivity index (χ4v) is 3.03. The number of carbonyl (C=O) groups is 2. The summed E-state index contributed by atoms with van der Waals surface area (Å²) in [5.74, 6) is -1.33. The molecule has 0 spiro atoms. The highest BCUT2D eigenvalue weighted by Gasteiger charge is 2.28. The molecule has 2 aromatic carbocycles. The lowest BCUT2D eigenvalue weighted by Crippen LogP contribution is -2.25. The molecule has 25 heavy (non-hydrogen) atoms. The van der Waals surface area contributed by atoms with E-state index in [0.29, 0.717) is 21.4 Å². The maximum absolute atomic E-state index is 12.0. The normalized spacial score (nSPS) is 16.1. The van der Waals surface area contributed by atoms with Gasteiger partial charge in [0.2, 0.25) is 0 Å². The van der Waals surface area contributed by atoms with Gasteiger partial charge in [0, 0.05) is 16.1 Å². The summed E-state index contributed by atoms with van der Waals surface area (Å²) in [4.78, 5) is 27.5. The molecule has 1 fully saturated rings.